The Bertz CT molecular complexity index is 374. The highest BCUT2D eigenvalue weighted by Crippen LogP contribution is 2.31. The van der Waals surface area contributed by atoms with Crippen LogP contribution >= 0.6 is 11.6 Å². The van der Waals surface area contributed by atoms with Gasteiger partial charge in [-0.15, -0.1) is 0 Å². The molecule has 0 fully saturated rings. The maximum atomic E-state index is 10.9. The van der Waals surface area contributed by atoms with Gasteiger partial charge in [-0.2, -0.15) is 0 Å². The zero-order valence-corrected chi connectivity index (χ0v) is 10.7. The molecule has 2 nitrogen and oxygen atoms in total. The number of carbonyl (C=O) groups excluding carboxylic acids is 1. The molecule has 0 aliphatic carbocycles. The Morgan fingerprint density at radius 2 is 2.19 bits per heavy atom. The lowest BCUT2D eigenvalue weighted by atomic mass is 9.94. The Morgan fingerprint density at radius 3 is 2.75 bits per heavy atom. The van der Waals surface area contributed by atoms with Crippen LogP contribution in [-0.4, -0.2) is 12.9 Å². The minimum Gasteiger partial charge on any atom is -0.496 e. The number of hydrogen-bond donors (Lipinski definition) is 0. The summed E-state index contributed by atoms with van der Waals surface area (Å²) in [6.45, 7) is 3.69. The topological polar surface area (TPSA) is 26.3 Å². The summed E-state index contributed by atoms with van der Waals surface area (Å²) in [5.41, 5.74) is 1.07. The first-order valence-corrected chi connectivity index (χ1v) is 5.75. The average Bonchev–Trinajstić information content (AvgIpc) is 2.25. The predicted molar refractivity (Wildman–Crippen MR) is 66.3 cm³/mol. The van der Waals surface area contributed by atoms with Crippen LogP contribution in [0.1, 0.15) is 38.2 Å². The van der Waals surface area contributed by atoms with Gasteiger partial charge in [0.15, 0.2) is 0 Å². The fourth-order valence-electron chi connectivity index (χ4n) is 1.67. The van der Waals surface area contributed by atoms with Crippen LogP contribution in [0.3, 0.4) is 0 Å². The molecular weight excluding hydrogens is 224 g/mol. The van der Waals surface area contributed by atoms with Gasteiger partial charge in [0.05, 0.1) is 7.11 Å². The Morgan fingerprint density at radius 1 is 1.50 bits per heavy atom. The molecule has 1 rings (SSSR count). The third-order valence-electron chi connectivity index (χ3n) is 2.65. The molecule has 0 aliphatic heterocycles. The van der Waals surface area contributed by atoms with Gasteiger partial charge in [0, 0.05) is 11.4 Å². The molecule has 0 saturated heterocycles. The second-order valence-corrected chi connectivity index (χ2v) is 4.46. The number of methoxy groups -OCH3 is 1. The predicted octanol–water partition coefficient (Wildman–Crippen LogP) is 3.82. The normalized spacial score (nSPS) is 12.2. The first kappa shape index (κ1) is 13.0. The van der Waals surface area contributed by atoms with Crippen molar-refractivity contribution in [3.05, 3.63) is 28.8 Å². The maximum Gasteiger partial charge on any atom is 0.129 e. The quantitative estimate of drug-likeness (QED) is 0.782. The summed E-state index contributed by atoms with van der Waals surface area (Å²) < 4.78 is 5.28. The molecule has 16 heavy (non-hydrogen) atoms. The van der Waals surface area contributed by atoms with E-state index < -0.39 is 0 Å². The van der Waals surface area contributed by atoms with Crippen LogP contribution in [-0.2, 0) is 4.79 Å². The van der Waals surface area contributed by atoms with Crippen LogP contribution in [0.2, 0.25) is 5.02 Å². The van der Waals surface area contributed by atoms with Crippen molar-refractivity contribution in [2.45, 2.75) is 32.6 Å². The van der Waals surface area contributed by atoms with E-state index in [1.165, 1.54) is 0 Å². The minimum absolute atomic E-state index is 0.216. The lowest BCUT2D eigenvalue weighted by Crippen LogP contribution is -2.00. The lowest BCUT2D eigenvalue weighted by Gasteiger charge is -2.15. The third-order valence-corrected chi connectivity index (χ3v) is 2.89. The van der Waals surface area contributed by atoms with Gasteiger partial charge in [0.25, 0.3) is 0 Å². The van der Waals surface area contributed by atoms with Crippen LogP contribution in [0.4, 0.5) is 0 Å². The molecule has 0 aromatic heterocycles. The van der Waals surface area contributed by atoms with Gasteiger partial charge in [-0.05, 0) is 43.0 Å². The Hall–Kier alpha value is -1.02. The zero-order valence-electron chi connectivity index (χ0n) is 9.92. The Labute approximate surface area is 102 Å². The fraction of sp³-hybridized carbons (Fsp3) is 0.462. The molecule has 3 heteroatoms. The van der Waals surface area contributed by atoms with Crippen molar-refractivity contribution in [2.75, 3.05) is 7.11 Å². The van der Waals surface area contributed by atoms with E-state index in [1.807, 2.05) is 18.2 Å². The fourth-order valence-corrected chi connectivity index (χ4v) is 1.85. The van der Waals surface area contributed by atoms with Gasteiger partial charge in [-0.3, -0.25) is 0 Å². The number of benzene rings is 1. The molecule has 1 aromatic rings. The van der Waals surface area contributed by atoms with Crippen LogP contribution < -0.4 is 4.74 Å². The Kier molecular flexibility index (Phi) is 4.81. The van der Waals surface area contributed by atoms with Crippen molar-refractivity contribution in [3.8, 4) is 5.75 Å². The van der Waals surface area contributed by atoms with Gasteiger partial charge < -0.3 is 9.53 Å². The van der Waals surface area contributed by atoms with Gasteiger partial charge in [-0.1, -0.05) is 18.5 Å². The summed E-state index contributed by atoms with van der Waals surface area (Å²) in [6.07, 6.45) is 1.42. The van der Waals surface area contributed by atoms with Crippen molar-refractivity contribution >= 4 is 17.4 Å². The molecule has 0 radical (unpaired) electrons. The van der Waals surface area contributed by atoms with Crippen LogP contribution in [0, 0.1) is 0 Å². The number of carbonyl (C=O) groups is 1. The van der Waals surface area contributed by atoms with Gasteiger partial charge in [0.1, 0.15) is 11.5 Å². The second kappa shape index (κ2) is 5.90. The van der Waals surface area contributed by atoms with Crippen molar-refractivity contribution < 1.29 is 9.53 Å². The average molecular weight is 241 g/mol. The number of ether oxygens (including phenoxy) is 1. The smallest absolute Gasteiger partial charge is 0.129 e. The zero-order chi connectivity index (χ0) is 12.1. The molecule has 0 spiro atoms. The molecule has 0 amide bonds. The molecule has 1 unspecified atom stereocenters. The van der Waals surface area contributed by atoms with E-state index in [1.54, 1.807) is 14.0 Å². The monoisotopic (exact) mass is 240 g/mol. The highest BCUT2D eigenvalue weighted by atomic mass is 35.5. The highest BCUT2D eigenvalue weighted by Gasteiger charge is 2.12. The van der Waals surface area contributed by atoms with E-state index >= 15 is 0 Å². The molecule has 0 N–H and O–H groups in total. The van der Waals surface area contributed by atoms with Gasteiger partial charge in [-0.25, -0.2) is 0 Å². The Balaban J connectivity index is 2.84. The van der Waals surface area contributed by atoms with Gasteiger partial charge in [0.2, 0.25) is 0 Å². The highest BCUT2D eigenvalue weighted by molar-refractivity contribution is 6.30. The van der Waals surface area contributed by atoms with Crippen LogP contribution in [0.15, 0.2) is 18.2 Å². The SMILES string of the molecule is COc1ccc(Cl)cc1C(C)CCC(C)=O. The van der Waals surface area contributed by atoms with Crippen molar-refractivity contribution in [1.82, 2.24) is 0 Å². The summed E-state index contributed by atoms with van der Waals surface area (Å²) in [5.74, 6) is 1.32. The van der Waals surface area contributed by atoms with Gasteiger partial charge >= 0.3 is 0 Å². The standard InChI is InChI=1S/C13H17ClO2/c1-9(4-5-10(2)15)12-8-11(14)6-7-13(12)16-3/h6-9H,4-5H2,1-3H3. The first-order chi connectivity index (χ1) is 7.54. The number of ketones is 1. The second-order valence-electron chi connectivity index (χ2n) is 4.03. The number of rotatable bonds is 5. The van der Waals surface area contributed by atoms with Crippen LogP contribution in [0.5, 0.6) is 5.75 Å². The molecule has 88 valence electrons. The van der Waals surface area contributed by atoms with Crippen LogP contribution in [0.25, 0.3) is 0 Å². The van der Waals surface area contributed by atoms with E-state index in [2.05, 4.69) is 6.92 Å². The van der Waals surface area contributed by atoms with E-state index in [-0.39, 0.29) is 11.7 Å². The van der Waals surface area contributed by atoms with Crippen molar-refractivity contribution in [1.29, 1.82) is 0 Å². The third kappa shape index (κ3) is 3.53. The summed E-state index contributed by atoms with van der Waals surface area (Å²) in [7, 11) is 1.64. The summed E-state index contributed by atoms with van der Waals surface area (Å²) in [6, 6.07) is 5.58. The minimum atomic E-state index is 0.216. The molecule has 0 heterocycles. The molecule has 0 bridgehead atoms. The van der Waals surface area contributed by atoms with Crippen molar-refractivity contribution in [2.24, 2.45) is 0 Å². The van der Waals surface area contributed by atoms with E-state index in [4.69, 9.17) is 16.3 Å². The summed E-state index contributed by atoms with van der Waals surface area (Å²) in [4.78, 5) is 10.9. The molecule has 0 saturated carbocycles. The number of hydrogen-bond acceptors (Lipinski definition) is 2. The lowest BCUT2D eigenvalue weighted by molar-refractivity contribution is -0.117. The number of Topliss-reactive ketones (excluding diaryl/α,β-unsaturated/α-hetero) is 1. The van der Waals surface area contributed by atoms with E-state index in [9.17, 15) is 4.79 Å². The van der Waals surface area contributed by atoms with E-state index in [0.717, 1.165) is 17.7 Å². The van der Waals surface area contributed by atoms with Crippen molar-refractivity contribution in [3.63, 3.8) is 0 Å². The molecule has 1 aromatic carbocycles. The first-order valence-electron chi connectivity index (χ1n) is 5.37. The number of halogens is 1. The van der Waals surface area contributed by atoms with E-state index in [0.29, 0.717) is 11.4 Å². The largest absolute Gasteiger partial charge is 0.496 e. The molecular formula is C13H17ClO2. The molecule has 1 atom stereocenters. The summed E-state index contributed by atoms with van der Waals surface area (Å²) in [5, 5.41) is 0.700. The molecule has 0 aliphatic rings. The maximum absolute atomic E-state index is 10.9. The summed E-state index contributed by atoms with van der Waals surface area (Å²) >= 11 is 5.96.